The molecule has 1 aromatic heterocycles. The Morgan fingerprint density at radius 1 is 1.14 bits per heavy atom. The Balaban J connectivity index is 1.30. The van der Waals surface area contributed by atoms with Crippen molar-refractivity contribution in [1.29, 1.82) is 0 Å². The molecule has 2 aromatic rings. The van der Waals surface area contributed by atoms with E-state index in [-0.39, 0.29) is 32.6 Å². The summed E-state index contributed by atoms with van der Waals surface area (Å²) in [5.74, 6) is -2.16. The first-order valence-corrected chi connectivity index (χ1v) is 18.2. The number of benzene rings is 1. The van der Waals surface area contributed by atoms with Crippen molar-refractivity contribution in [2.45, 2.75) is 93.9 Å². The monoisotopic (exact) mass is 697 g/mol. The van der Waals surface area contributed by atoms with Gasteiger partial charge in [-0.15, -0.1) is 0 Å². The Hall–Kier alpha value is -4.24. The molecule has 3 N–H and O–H groups in total. The number of hydrogen-bond acceptors (Lipinski definition) is 10. The van der Waals surface area contributed by atoms with Crippen molar-refractivity contribution in [3.8, 4) is 5.88 Å². The summed E-state index contributed by atoms with van der Waals surface area (Å²) < 4.78 is 45.2. The first-order valence-electron chi connectivity index (χ1n) is 16.7. The highest BCUT2D eigenvalue weighted by molar-refractivity contribution is 7.91. The first kappa shape index (κ1) is 34.6. The number of pyridine rings is 1. The van der Waals surface area contributed by atoms with Crippen molar-refractivity contribution in [3.63, 3.8) is 0 Å². The van der Waals surface area contributed by atoms with Crippen LogP contribution in [0, 0.1) is 5.92 Å². The van der Waals surface area contributed by atoms with E-state index in [1.165, 1.54) is 4.90 Å². The maximum Gasteiger partial charge on any atom is 0.408 e. The number of aromatic nitrogens is 1. The van der Waals surface area contributed by atoms with E-state index < -0.39 is 74.3 Å². The van der Waals surface area contributed by atoms with Gasteiger partial charge in [0.25, 0.3) is 5.91 Å². The molecule has 15 heteroatoms. The number of ether oxygens (including phenoxy) is 3. The summed E-state index contributed by atoms with van der Waals surface area (Å²) in [6, 6.07) is 7.04. The molecule has 2 saturated carbocycles. The van der Waals surface area contributed by atoms with Gasteiger partial charge in [-0.05, 0) is 70.4 Å². The zero-order valence-electron chi connectivity index (χ0n) is 27.8. The molecule has 2 aliphatic heterocycles. The molecule has 14 nitrogen and oxygen atoms in total. The van der Waals surface area contributed by atoms with Gasteiger partial charge in [-0.25, -0.2) is 18.2 Å². The van der Waals surface area contributed by atoms with E-state index in [0.29, 0.717) is 31.6 Å². The van der Waals surface area contributed by atoms with Gasteiger partial charge in [0.05, 0.1) is 18.4 Å². The third-order valence-electron chi connectivity index (χ3n) is 9.03. The maximum atomic E-state index is 14.3. The SMILES string of the molecule is CC(C)(C)OC(=O)N[C@H]1COCCCC=C[C@@H]2C[C@@]2(C(=O)NS(=O)(=O)C2CC2)NC(=O)[C@@H]2CC(Oc3nccc4ccccc34)CN2C1=O. The van der Waals surface area contributed by atoms with E-state index >= 15 is 0 Å². The number of allylic oxidation sites excluding steroid dienone is 1. The maximum absolute atomic E-state index is 14.3. The third-order valence-corrected chi connectivity index (χ3v) is 10.8. The van der Waals surface area contributed by atoms with Crippen molar-refractivity contribution in [1.82, 2.24) is 25.2 Å². The fourth-order valence-corrected chi connectivity index (χ4v) is 7.64. The molecule has 3 heterocycles. The first-order chi connectivity index (χ1) is 23.3. The second kappa shape index (κ2) is 13.6. The fourth-order valence-electron chi connectivity index (χ4n) is 6.28. The number of nitrogens with one attached hydrogen (secondary N) is 3. The van der Waals surface area contributed by atoms with Gasteiger partial charge in [0.15, 0.2) is 0 Å². The van der Waals surface area contributed by atoms with Crippen molar-refractivity contribution in [3.05, 3.63) is 48.7 Å². The highest BCUT2D eigenvalue weighted by atomic mass is 32.2. The van der Waals surface area contributed by atoms with Gasteiger partial charge in [-0.2, -0.15) is 0 Å². The van der Waals surface area contributed by atoms with Crippen LogP contribution in [-0.2, 0) is 33.9 Å². The summed E-state index contributed by atoms with van der Waals surface area (Å²) in [6.07, 6.45) is 6.13. The van der Waals surface area contributed by atoms with Crippen LogP contribution in [0.1, 0.15) is 59.3 Å². The minimum Gasteiger partial charge on any atom is -0.472 e. The smallest absolute Gasteiger partial charge is 0.408 e. The number of sulfonamides is 1. The van der Waals surface area contributed by atoms with Crippen LogP contribution in [0.4, 0.5) is 4.79 Å². The van der Waals surface area contributed by atoms with Crippen molar-refractivity contribution < 1.29 is 41.8 Å². The molecular formula is C34H43N5O9S. The summed E-state index contributed by atoms with van der Waals surface area (Å²) in [5.41, 5.74) is -2.34. The number of rotatable bonds is 6. The Labute approximate surface area is 285 Å². The molecule has 5 atom stereocenters. The summed E-state index contributed by atoms with van der Waals surface area (Å²) in [6.45, 7) is 5.17. The van der Waals surface area contributed by atoms with Gasteiger partial charge in [0, 0.05) is 30.5 Å². The molecule has 0 radical (unpaired) electrons. The standard InChI is InChI=1S/C34H43N5O9S/c1-33(2,3)48-32(43)36-26-20-46-16-8-4-5-10-22-18-34(22,31(42)38-49(44,45)24-12-13-24)37-28(40)27-17-23(19-39(27)30(26)41)47-29-25-11-7-6-9-21(25)14-15-35-29/h5-7,9-11,14-15,22-24,26-27H,4,8,12-13,16-20H2,1-3H3,(H,36,43)(H,37,40)(H,38,42)/t22-,23?,26+,27+,34-/m1/s1. The topological polar surface area (TPSA) is 182 Å². The van der Waals surface area contributed by atoms with Gasteiger partial charge in [-0.3, -0.25) is 19.1 Å². The number of carbonyl (C=O) groups excluding carboxylic acids is 4. The Kier molecular flexibility index (Phi) is 9.59. The van der Waals surface area contributed by atoms with Crippen molar-refractivity contribution in [2.24, 2.45) is 5.92 Å². The Morgan fingerprint density at radius 3 is 2.67 bits per heavy atom. The van der Waals surface area contributed by atoms with E-state index in [2.05, 4.69) is 20.3 Å². The number of hydrogen-bond donors (Lipinski definition) is 3. The third kappa shape index (κ3) is 7.99. The highest BCUT2D eigenvalue weighted by Gasteiger charge is 2.62. The van der Waals surface area contributed by atoms with E-state index in [1.807, 2.05) is 42.5 Å². The molecule has 3 fully saturated rings. The molecule has 1 unspecified atom stereocenters. The van der Waals surface area contributed by atoms with Gasteiger partial charge < -0.3 is 29.7 Å². The lowest BCUT2D eigenvalue weighted by Crippen LogP contribution is -2.59. The van der Waals surface area contributed by atoms with Gasteiger partial charge in [-0.1, -0.05) is 30.4 Å². The molecule has 2 aliphatic carbocycles. The van der Waals surface area contributed by atoms with E-state index in [0.717, 1.165) is 10.8 Å². The van der Waals surface area contributed by atoms with Crippen LogP contribution >= 0.6 is 0 Å². The van der Waals surface area contributed by atoms with Gasteiger partial charge in [0.2, 0.25) is 27.7 Å². The zero-order valence-corrected chi connectivity index (χ0v) is 28.7. The molecule has 1 aromatic carbocycles. The molecule has 4 aliphatic rings. The lowest BCUT2D eigenvalue weighted by atomic mass is 10.1. The van der Waals surface area contributed by atoms with E-state index in [4.69, 9.17) is 14.2 Å². The lowest BCUT2D eigenvalue weighted by Gasteiger charge is -2.30. The average molecular weight is 698 g/mol. The molecule has 264 valence electrons. The molecule has 0 spiro atoms. The van der Waals surface area contributed by atoms with Crippen molar-refractivity contribution >= 4 is 44.6 Å². The van der Waals surface area contributed by atoms with E-state index in [1.54, 1.807) is 27.0 Å². The number of nitrogens with zero attached hydrogens (tertiary/aromatic N) is 2. The second-order valence-corrected chi connectivity index (χ2v) is 16.1. The number of alkyl carbamates (subject to hydrolysis) is 1. The largest absolute Gasteiger partial charge is 0.472 e. The molecule has 0 bridgehead atoms. The number of amides is 4. The lowest BCUT2D eigenvalue weighted by molar-refractivity contribution is -0.142. The molecule has 1 saturated heterocycles. The van der Waals surface area contributed by atoms with Crippen LogP contribution in [0.5, 0.6) is 5.88 Å². The van der Waals surface area contributed by atoms with Gasteiger partial charge >= 0.3 is 6.09 Å². The summed E-state index contributed by atoms with van der Waals surface area (Å²) in [4.78, 5) is 60.6. The minimum absolute atomic E-state index is 0.0348. The number of fused-ring (bicyclic) bond motifs is 3. The molecule has 49 heavy (non-hydrogen) atoms. The summed E-state index contributed by atoms with van der Waals surface area (Å²) in [7, 11) is -3.89. The fraction of sp³-hybridized carbons (Fsp3) is 0.559. The van der Waals surface area contributed by atoms with Crippen LogP contribution in [-0.4, -0.2) is 96.5 Å². The van der Waals surface area contributed by atoms with Gasteiger partial charge in [0.1, 0.15) is 29.3 Å². The molecule has 4 amide bonds. The van der Waals surface area contributed by atoms with Crippen LogP contribution in [0.25, 0.3) is 10.8 Å². The second-order valence-electron chi connectivity index (χ2n) is 14.1. The Morgan fingerprint density at radius 2 is 1.92 bits per heavy atom. The van der Waals surface area contributed by atoms with E-state index in [9.17, 15) is 27.6 Å². The van der Waals surface area contributed by atoms with Crippen LogP contribution < -0.4 is 20.1 Å². The number of carbonyl (C=O) groups is 4. The average Bonchev–Trinajstić information content (AvgIpc) is 3.96. The predicted octanol–water partition coefficient (Wildman–Crippen LogP) is 2.33. The quantitative estimate of drug-likeness (QED) is 0.379. The van der Waals surface area contributed by atoms with Crippen molar-refractivity contribution in [2.75, 3.05) is 19.8 Å². The minimum atomic E-state index is -3.89. The molecule has 6 rings (SSSR count). The summed E-state index contributed by atoms with van der Waals surface area (Å²) in [5, 5.41) is 6.47. The van der Waals surface area contributed by atoms with Crippen LogP contribution in [0.3, 0.4) is 0 Å². The zero-order chi connectivity index (χ0) is 35.0. The predicted molar refractivity (Wildman–Crippen MR) is 178 cm³/mol. The van der Waals surface area contributed by atoms with Crippen LogP contribution in [0.15, 0.2) is 48.7 Å². The normalized spacial score (nSPS) is 27.9. The molecular weight excluding hydrogens is 654 g/mol. The Bertz CT molecular complexity index is 1750. The highest BCUT2D eigenvalue weighted by Crippen LogP contribution is 2.46. The summed E-state index contributed by atoms with van der Waals surface area (Å²) >= 11 is 0. The van der Waals surface area contributed by atoms with Crippen LogP contribution in [0.2, 0.25) is 0 Å².